The molecule has 0 amide bonds. The Bertz CT molecular complexity index is 436. The van der Waals surface area contributed by atoms with E-state index < -0.39 is 5.60 Å². The molecule has 1 rings (SSSR count). The van der Waals surface area contributed by atoms with Gasteiger partial charge in [0.2, 0.25) is 0 Å². The predicted molar refractivity (Wildman–Crippen MR) is 95.8 cm³/mol. The summed E-state index contributed by atoms with van der Waals surface area (Å²) in [6.07, 6.45) is 12.1. The van der Waals surface area contributed by atoms with E-state index in [1.165, 1.54) is 44.9 Å². The molecular weight excluding hydrogens is 268 g/mol. The molecule has 1 aromatic rings. The van der Waals surface area contributed by atoms with Gasteiger partial charge in [-0.1, -0.05) is 88.1 Å². The number of benzene rings is 1. The number of hydrogen-bond acceptors (Lipinski definition) is 1. The summed E-state index contributed by atoms with van der Waals surface area (Å²) in [5.74, 6) is 6.19. The topological polar surface area (TPSA) is 20.2 Å². The molecule has 122 valence electrons. The standard InChI is InChI=1S/C21H32O/c1-3-4-5-6-7-8-9-10-11-15-18-21(2,22)19-20-16-13-12-14-17-20/h12-14,16-17,22H,3-11,19H2,1-2H3. The van der Waals surface area contributed by atoms with Gasteiger partial charge in [-0.3, -0.25) is 0 Å². The highest BCUT2D eigenvalue weighted by Crippen LogP contribution is 2.13. The van der Waals surface area contributed by atoms with Crippen molar-refractivity contribution in [1.29, 1.82) is 0 Å². The summed E-state index contributed by atoms with van der Waals surface area (Å²) in [7, 11) is 0. The lowest BCUT2D eigenvalue weighted by molar-refractivity contribution is 0.122. The Balaban J connectivity index is 2.12. The molecule has 0 spiro atoms. The van der Waals surface area contributed by atoms with Crippen molar-refractivity contribution in [3.8, 4) is 11.8 Å². The third kappa shape index (κ3) is 9.64. The van der Waals surface area contributed by atoms with Crippen molar-refractivity contribution in [1.82, 2.24) is 0 Å². The maximum absolute atomic E-state index is 10.3. The number of hydrogen-bond donors (Lipinski definition) is 1. The average Bonchev–Trinajstić information content (AvgIpc) is 2.49. The fourth-order valence-corrected chi connectivity index (χ4v) is 2.64. The molecular formula is C21H32O. The summed E-state index contributed by atoms with van der Waals surface area (Å²) in [5, 5.41) is 10.3. The Morgan fingerprint density at radius 1 is 0.909 bits per heavy atom. The SMILES string of the molecule is CCCCCCCCCCC#CC(C)(O)Cc1ccccc1. The fourth-order valence-electron chi connectivity index (χ4n) is 2.64. The van der Waals surface area contributed by atoms with Crippen LogP contribution in [0.3, 0.4) is 0 Å². The Hall–Kier alpha value is -1.26. The van der Waals surface area contributed by atoms with Gasteiger partial charge in [-0.15, -0.1) is 5.92 Å². The number of aliphatic hydroxyl groups is 1. The van der Waals surface area contributed by atoms with Crippen LogP contribution in [0.1, 0.15) is 77.2 Å². The second-order valence-corrected chi connectivity index (χ2v) is 6.46. The van der Waals surface area contributed by atoms with E-state index >= 15 is 0 Å². The molecule has 1 unspecified atom stereocenters. The molecule has 22 heavy (non-hydrogen) atoms. The lowest BCUT2D eigenvalue weighted by Crippen LogP contribution is -2.24. The van der Waals surface area contributed by atoms with E-state index in [0.717, 1.165) is 18.4 Å². The van der Waals surface area contributed by atoms with Gasteiger partial charge in [0.25, 0.3) is 0 Å². The Labute approximate surface area is 137 Å². The van der Waals surface area contributed by atoms with Crippen LogP contribution in [-0.4, -0.2) is 10.7 Å². The third-order valence-corrected chi connectivity index (χ3v) is 3.90. The lowest BCUT2D eigenvalue weighted by atomic mass is 9.97. The third-order valence-electron chi connectivity index (χ3n) is 3.90. The first kappa shape index (κ1) is 18.8. The van der Waals surface area contributed by atoms with E-state index in [1.807, 2.05) is 30.3 Å². The summed E-state index contributed by atoms with van der Waals surface area (Å²) in [4.78, 5) is 0. The smallest absolute Gasteiger partial charge is 0.126 e. The Morgan fingerprint density at radius 3 is 2.14 bits per heavy atom. The van der Waals surface area contributed by atoms with E-state index in [-0.39, 0.29) is 0 Å². The van der Waals surface area contributed by atoms with Gasteiger partial charge in [0, 0.05) is 12.8 Å². The van der Waals surface area contributed by atoms with Crippen LogP contribution in [0, 0.1) is 11.8 Å². The molecule has 0 aromatic heterocycles. The first-order valence-corrected chi connectivity index (χ1v) is 8.90. The average molecular weight is 300 g/mol. The van der Waals surface area contributed by atoms with Gasteiger partial charge >= 0.3 is 0 Å². The molecule has 0 heterocycles. The summed E-state index contributed by atoms with van der Waals surface area (Å²) in [6.45, 7) is 4.06. The van der Waals surface area contributed by atoms with Crippen molar-refractivity contribution >= 4 is 0 Å². The van der Waals surface area contributed by atoms with Gasteiger partial charge < -0.3 is 5.11 Å². The number of rotatable bonds is 10. The first-order valence-electron chi connectivity index (χ1n) is 8.90. The minimum absolute atomic E-state index is 0.596. The van der Waals surface area contributed by atoms with Crippen molar-refractivity contribution in [3.63, 3.8) is 0 Å². The van der Waals surface area contributed by atoms with Gasteiger partial charge in [0.15, 0.2) is 0 Å². The van der Waals surface area contributed by atoms with Crippen LogP contribution >= 0.6 is 0 Å². The van der Waals surface area contributed by atoms with E-state index in [4.69, 9.17) is 0 Å². The maximum Gasteiger partial charge on any atom is 0.126 e. The molecule has 1 N–H and O–H groups in total. The molecule has 1 heteroatoms. The molecule has 0 aliphatic carbocycles. The van der Waals surface area contributed by atoms with Gasteiger partial charge in [0.05, 0.1) is 0 Å². The molecule has 0 aliphatic heterocycles. The zero-order valence-corrected chi connectivity index (χ0v) is 14.4. The zero-order valence-electron chi connectivity index (χ0n) is 14.4. The van der Waals surface area contributed by atoms with E-state index in [2.05, 4.69) is 18.8 Å². The first-order chi connectivity index (χ1) is 10.6. The summed E-state index contributed by atoms with van der Waals surface area (Å²) >= 11 is 0. The fraction of sp³-hybridized carbons (Fsp3) is 0.619. The van der Waals surface area contributed by atoms with Crippen molar-refractivity contribution in [2.75, 3.05) is 0 Å². The molecule has 1 atom stereocenters. The molecule has 1 aromatic carbocycles. The molecule has 0 saturated carbocycles. The Kier molecular flexibility index (Phi) is 9.67. The minimum Gasteiger partial charge on any atom is -0.378 e. The van der Waals surface area contributed by atoms with Crippen LogP contribution in [0.5, 0.6) is 0 Å². The van der Waals surface area contributed by atoms with E-state index in [1.54, 1.807) is 6.92 Å². The van der Waals surface area contributed by atoms with Gasteiger partial charge in [0.1, 0.15) is 5.60 Å². The highest BCUT2D eigenvalue weighted by Gasteiger charge is 2.16. The zero-order chi connectivity index (χ0) is 16.1. The summed E-state index contributed by atoms with van der Waals surface area (Å²) in [6, 6.07) is 10.1. The lowest BCUT2D eigenvalue weighted by Gasteiger charge is -2.16. The Morgan fingerprint density at radius 2 is 1.50 bits per heavy atom. The molecule has 1 nitrogen and oxygen atoms in total. The highest BCUT2D eigenvalue weighted by molar-refractivity contribution is 5.22. The summed E-state index contributed by atoms with van der Waals surface area (Å²) < 4.78 is 0. The predicted octanol–water partition coefficient (Wildman–Crippen LogP) is 5.51. The van der Waals surface area contributed by atoms with Crippen molar-refractivity contribution in [3.05, 3.63) is 35.9 Å². The van der Waals surface area contributed by atoms with Gasteiger partial charge in [-0.2, -0.15) is 0 Å². The molecule has 0 bridgehead atoms. The molecule has 0 radical (unpaired) electrons. The maximum atomic E-state index is 10.3. The van der Waals surface area contributed by atoms with Crippen molar-refractivity contribution in [2.24, 2.45) is 0 Å². The van der Waals surface area contributed by atoms with Gasteiger partial charge in [-0.25, -0.2) is 0 Å². The van der Waals surface area contributed by atoms with Crippen LogP contribution in [0.15, 0.2) is 30.3 Å². The van der Waals surface area contributed by atoms with Crippen LogP contribution in [0.25, 0.3) is 0 Å². The minimum atomic E-state index is -0.915. The quantitative estimate of drug-likeness (QED) is 0.446. The second kappa shape index (κ2) is 11.3. The highest BCUT2D eigenvalue weighted by atomic mass is 16.3. The van der Waals surface area contributed by atoms with Crippen LogP contribution in [0.2, 0.25) is 0 Å². The van der Waals surface area contributed by atoms with Gasteiger partial charge in [-0.05, 0) is 18.9 Å². The monoisotopic (exact) mass is 300 g/mol. The van der Waals surface area contributed by atoms with E-state index in [0.29, 0.717) is 6.42 Å². The second-order valence-electron chi connectivity index (χ2n) is 6.46. The normalized spacial score (nSPS) is 13.2. The van der Waals surface area contributed by atoms with Crippen molar-refractivity contribution < 1.29 is 5.11 Å². The molecule has 0 saturated heterocycles. The van der Waals surface area contributed by atoms with E-state index in [9.17, 15) is 5.11 Å². The summed E-state index contributed by atoms with van der Waals surface area (Å²) in [5.41, 5.74) is 0.218. The van der Waals surface area contributed by atoms with Crippen molar-refractivity contribution in [2.45, 2.75) is 83.7 Å². The largest absolute Gasteiger partial charge is 0.378 e. The van der Waals surface area contributed by atoms with Crippen LogP contribution in [0.4, 0.5) is 0 Å². The van der Waals surface area contributed by atoms with Crippen LogP contribution < -0.4 is 0 Å². The number of unbranched alkanes of at least 4 members (excludes halogenated alkanes) is 8. The van der Waals surface area contributed by atoms with Crippen LogP contribution in [-0.2, 0) is 6.42 Å². The molecule has 0 fully saturated rings. The molecule has 0 aliphatic rings.